The third kappa shape index (κ3) is 4.92. The van der Waals surface area contributed by atoms with Gasteiger partial charge in [0.15, 0.2) is 0 Å². The van der Waals surface area contributed by atoms with Crippen molar-refractivity contribution in [2.45, 2.75) is 19.1 Å². The molecule has 3 rings (SSSR count). The summed E-state index contributed by atoms with van der Waals surface area (Å²) in [6, 6.07) is 21.0. The summed E-state index contributed by atoms with van der Waals surface area (Å²) >= 11 is 0. The monoisotopic (exact) mass is 356 g/mol. The summed E-state index contributed by atoms with van der Waals surface area (Å²) in [6.45, 7) is 1.36. The first-order valence-corrected chi connectivity index (χ1v) is 8.39. The number of nitrogens with zero attached hydrogens (tertiary/aromatic N) is 1. The number of alkyl halides is 3. The van der Waals surface area contributed by atoms with E-state index in [1.54, 1.807) is 0 Å². The lowest BCUT2D eigenvalue weighted by Gasteiger charge is -2.08. The first kappa shape index (κ1) is 18.1. The number of nitrogens with one attached hydrogen (secondary N) is 1. The molecule has 1 heterocycles. The van der Waals surface area contributed by atoms with E-state index in [9.17, 15) is 13.2 Å². The average Bonchev–Trinajstić information content (AvgIpc) is 2.66. The number of pyridine rings is 1. The highest BCUT2D eigenvalue weighted by Gasteiger charge is 2.30. The summed E-state index contributed by atoms with van der Waals surface area (Å²) in [5, 5.41) is 3.29. The Bertz CT molecular complexity index is 811. The van der Waals surface area contributed by atoms with Crippen LogP contribution < -0.4 is 5.32 Å². The van der Waals surface area contributed by atoms with Gasteiger partial charge in [-0.05, 0) is 28.8 Å². The number of hydrogen-bond acceptors (Lipinski definition) is 2. The van der Waals surface area contributed by atoms with Crippen LogP contribution in [-0.2, 0) is 19.1 Å². The summed E-state index contributed by atoms with van der Waals surface area (Å²) in [7, 11) is 0. The SMILES string of the molecule is FC(F)(F)c1ccc(CCNCc2ccc(-c3ccccc3)cc2)nc1. The molecule has 0 amide bonds. The second kappa shape index (κ2) is 8.15. The number of rotatable bonds is 6. The lowest BCUT2D eigenvalue weighted by atomic mass is 10.0. The van der Waals surface area contributed by atoms with Crippen molar-refractivity contribution < 1.29 is 13.2 Å². The Morgan fingerprint density at radius 1 is 0.808 bits per heavy atom. The Balaban J connectivity index is 1.46. The second-order valence-electron chi connectivity index (χ2n) is 6.03. The Morgan fingerprint density at radius 2 is 1.50 bits per heavy atom. The average molecular weight is 356 g/mol. The Kier molecular flexibility index (Phi) is 5.68. The second-order valence-corrected chi connectivity index (χ2v) is 6.03. The molecule has 0 fully saturated rings. The molecule has 0 aliphatic carbocycles. The van der Waals surface area contributed by atoms with E-state index in [4.69, 9.17) is 0 Å². The molecule has 0 radical (unpaired) electrons. The molecular formula is C21H19F3N2. The molecule has 0 unspecified atom stereocenters. The number of hydrogen-bond donors (Lipinski definition) is 1. The summed E-state index contributed by atoms with van der Waals surface area (Å²) in [6.07, 6.45) is -2.87. The maximum Gasteiger partial charge on any atom is 0.417 e. The molecular weight excluding hydrogens is 337 g/mol. The third-order valence-corrected chi connectivity index (χ3v) is 4.10. The minimum absolute atomic E-state index is 0.584. The van der Waals surface area contributed by atoms with Gasteiger partial charge in [0.2, 0.25) is 0 Å². The Labute approximate surface area is 150 Å². The van der Waals surface area contributed by atoms with E-state index < -0.39 is 11.7 Å². The predicted octanol–water partition coefficient (Wildman–Crippen LogP) is 5.10. The summed E-state index contributed by atoms with van der Waals surface area (Å²) in [4.78, 5) is 3.87. The zero-order valence-electron chi connectivity index (χ0n) is 14.1. The largest absolute Gasteiger partial charge is 0.417 e. The molecule has 3 aromatic rings. The van der Waals surface area contributed by atoms with Crippen LogP contribution in [0.25, 0.3) is 11.1 Å². The van der Waals surface area contributed by atoms with Crippen LogP contribution in [-0.4, -0.2) is 11.5 Å². The van der Waals surface area contributed by atoms with Gasteiger partial charge >= 0.3 is 6.18 Å². The fourth-order valence-electron chi connectivity index (χ4n) is 2.63. The first-order chi connectivity index (χ1) is 12.5. The first-order valence-electron chi connectivity index (χ1n) is 8.39. The summed E-state index contributed by atoms with van der Waals surface area (Å²) in [5.41, 5.74) is 3.44. The van der Waals surface area contributed by atoms with Crippen LogP contribution in [0.4, 0.5) is 13.2 Å². The molecule has 2 aromatic carbocycles. The summed E-state index contributed by atoms with van der Waals surface area (Å²) < 4.78 is 37.5. The molecule has 134 valence electrons. The molecule has 0 aliphatic rings. The molecule has 5 heteroatoms. The minimum Gasteiger partial charge on any atom is -0.312 e. The van der Waals surface area contributed by atoms with E-state index in [0.717, 1.165) is 17.8 Å². The van der Waals surface area contributed by atoms with Gasteiger partial charge in [-0.3, -0.25) is 4.98 Å². The Hall–Kier alpha value is -2.66. The zero-order valence-corrected chi connectivity index (χ0v) is 14.1. The van der Waals surface area contributed by atoms with Crippen LogP contribution in [0.5, 0.6) is 0 Å². The zero-order chi connectivity index (χ0) is 18.4. The smallest absolute Gasteiger partial charge is 0.312 e. The van der Waals surface area contributed by atoms with Gasteiger partial charge in [-0.1, -0.05) is 54.6 Å². The molecule has 0 spiro atoms. The van der Waals surface area contributed by atoms with Gasteiger partial charge in [0.1, 0.15) is 0 Å². The van der Waals surface area contributed by atoms with Gasteiger partial charge in [-0.2, -0.15) is 13.2 Å². The quantitative estimate of drug-likeness (QED) is 0.622. The molecule has 0 saturated heterocycles. The van der Waals surface area contributed by atoms with Crippen molar-refractivity contribution in [2.24, 2.45) is 0 Å². The van der Waals surface area contributed by atoms with Crippen LogP contribution in [0, 0.1) is 0 Å². The lowest BCUT2D eigenvalue weighted by Crippen LogP contribution is -2.17. The fraction of sp³-hybridized carbons (Fsp3) is 0.190. The van der Waals surface area contributed by atoms with Crippen LogP contribution in [0.1, 0.15) is 16.8 Å². The van der Waals surface area contributed by atoms with Crippen molar-refractivity contribution in [3.05, 3.63) is 89.7 Å². The van der Waals surface area contributed by atoms with Crippen molar-refractivity contribution in [3.8, 4) is 11.1 Å². The van der Waals surface area contributed by atoms with Gasteiger partial charge in [0, 0.05) is 31.4 Å². The molecule has 0 saturated carbocycles. The standard InChI is InChI=1S/C21H19F3N2/c22-21(23,24)19-10-11-20(26-15-19)12-13-25-14-16-6-8-18(9-7-16)17-4-2-1-3-5-17/h1-11,15,25H,12-14H2. The molecule has 0 aliphatic heterocycles. The van der Waals surface area contributed by atoms with E-state index in [1.807, 2.05) is 18.2 Å². The molecule has 1 aromatic heterocycles. The highest BCUT2D eigenvalue weighted by Crippen LogP contribution is 2.28. The number of benzene rings is 2. The highest BCUT2D eigenvalue weighted by molar-refractivity contribution is 5.63. The van der Waals surface area contributed by atoms with Gasteiger partial charge in [0.05, 0.1) is 5.56 Å². The van der Waals surface area contributed by atoms with E-state index in [-0.39, 0.29) is 0 Å². The van der Waals surface area contributed by atoms with Crippen molar-refractivity contribution in [1.82, 2.24) is 10.3 Å². The Morgan fingerprint density at radius 3 is 2.12 bits per heavy atom. The molecule has 2 nitrogen and oxygen atoms in total. The molecule has 1 N–H and O–H groups in total. The van der Waals surface area contributed by atoms with Crippen LogP contribution in [0.15, 0.2) is 72.9 Å². The van der Waals surface area contributed by atoms with Crippen molar-refractivity contribution >= 4 is 0 Å². The van der Waals surface area contributed by atoms with Crippen LogP contribution in [0.2, 0.25) is 0 Å². The maximum absolute atomic E-state index is 12.5. The van der Waals surface area contributed by atoms with Crippen molar-refractivity contribution in [3.63, 3.8) is 0 Å². The van der Waals surface area contributed by atoms with Gasteiger partial charge in [0.25, 0.3) is 0 Å². The van der Waals surface area contributed by atoms with Crippen LogP contribution >= 0.6 is 0 Å². The van der Waals surface area contributed by atoms with Gasteiger partial charge in [-0.15, -0.1) is 0 Å². The third-order valence-electron chi connectivity index (χ3n) is 4.10. The maximum atomic E-state index is 12.5. The number of aromatic nitrogens is 1. The van der Waals surface area contributed by atoms with Gasteiger partial charge in [-0.25, -0.2) is 0 Å². The molecule has 26 heavy (non-hydrogen) atoms. The lowest BCUT2D eigenvalue weighted by molar-refractivity contribution is -0.137. The van der Waals surface area contributed by atoms with E-state index in [1.165, 1.54) is 17.2 Å². The van der Waals surface area contributed by atoms with E-state index >= 15 is 0 Å². The van der Waals surface area contributed by atoms with Crippen LogP contribution in [0.3, 0.4) is 0 Å². The number of halogens is 3. The minimum atomic E-state index is -4.34. The van der Waals surface area contributed by atoms with Gasteiger partial charge < -0.3 is 5.32 Å². The normalized spacial score (nSPS) is 11.5. The molecule has 0 atom stereocenters. The van der Waals surface area contributed by atoms with Crippen molar-refractivity contribution in [1.29, 1.82) is 0 Å². The fourth-order valence-corrected chi connectivity index (χ4v) is 2.63. The predicted molar refractivity (Wildman–Crippen MR) is 96.5 cm³/mol. The topological polar surface area (TPSA) is 24.9 Å². The van der Waals surface area contributed by atoms with E-state index in [0.29, 0.717) is 25.2 Å². The highest BCUT2D eigenvalue weighted by atomic mass is 19.4. The molecule has 0 bridgehead atoms. The summed E-state index contributed by atoms with van der Waals surface area (Å²) in [5.74, 6) is 0. The van der Waals surface area contributed by atoms with Crippen molar-refractivity contribution in [2.75, 3.05) is 6.54 Å². The van der Waals surface area contributed by atoms with E-state index in [2.05, 4.69) is 46.7 Å².